The molecule has 0 spiro atoms. The number of halogens is 1. The molecule has 1 heterocycles. The van der Waals surface area contributed by atoms with Crippen molar-refractivity contribution in [3.8, 4) is 11.5 Å². The Hall–Kier alpha value is -3.25. The zero-order valence-electron chi connectivity index (χ0n) is 15.7. The molecule has 3 rings (SSSR count). The van der Waals surface area contributed by atoms with Crippen LogP contribution in [0.1, 0.15) is 16.1 Å². The third-order valence-corrected chi connectivity index (χ3v) is 4.61. The Morgan fingerprint density at radius 1 is 1.04 bits per heavy atom. The van der Waals surface area contributed by atoms with Crippen molar-refractivity contribution in [1.82, 2.24) is 4.98 Å². The van der Waals surface area contributed by atoms with Crippen LogP contribution in [0.3, 0.4) is 0 Å². The quantitative estimate of drug-likeness (QED) is 0.608. The minimum atomic E-state index is -0.309. The summed E-state index contributed by atoms with van der Waals surface area (Å²) in [5.41, 5.74) is 3.20. The van der Waals surface area contributed by atoms with Gasteiger partial charge in [-0.1, -0.05) is 17.7 Å². The predicted octanol–water partition coefficient (Wildman–Crippen LogP) is 5.06. The van der Waals surface area contributed by atoms with Crippen LogP contribution in [0.5, 0.6) is 11.5 Å². The number of nitrogens with one attached hydrogen (secondary N) is 2. The second-order valence-corrected chi connectivity index (χ2v) is 6.40. The number of anilines is 3. The zero-order valence-corrected chi connectivity index (χ0v) is 16.5. The van der Waals surface area contributed by atoms with E-state index in [1.807, 2.05) is 25.1 Å². The van der Waals surface area contributed by atoms with Gasteiger partial charge in [0.25, 0.3) is 5.91 Å². The average Bonchev–Trinajstić information content (AvgIpc) is 2.71. The molecular weight excluding hydrogens is 378 g/mol. The summed E-state index contributed by atoms with van der Waals surface area (Å²) in [6, 6.07) is 14.2. The van der Waals surface area contributed by atoms with Gasteiger partial charge in [0.2, 0.25) is 0 Å². The fourth-order valence-corrected chi connectivity index (χ4v) is 2.77. The first-order valence-corrected chi connectivity index (χ1v) is 8.91. The van der Waals surface area contributed by atoms with Crippen molar-refractivity contribution < 1.29 is 14.3 Å². The summed E-state index contributed by atoms with van der Waals surface area (Å²) in [5, 5.41) is 6.64. The van der Waals surface area contributed by atoms with Crippen LogP contribution < -0.4 is 20.1 Å². The highest BCUT2D eigenvalue weighted by atomic mass is 35.5. The Balaban J connectivity index is 1.75. The standard InChI is InChI=1S/C21H20ClN3O3/c1-13-16(22)5-4-6-17(13)25-21(26)18-9-7-14(12-23-18)24-19-11-15(27-2)8-10-20(19)28-3/h4-12,24H,1-3H3,(H,25,26). The van der Waals surface area contributed by atoms with Gasteiger partial charge in [-0.3, -0.25) is 4.79 Å². The zero-order chi connectivity index (χ0) is 20.1. The molecule has 0 aliphatic rings. The van der Waals surface area contributed by atoms with Gasteiger partial charge in [-0.05, 0) is 48.9 Å². The van der Waals surface area contributed by atoms with Gasteiger partial charge in [-0.15, -0.1) is 0 Å². The lowest BCUT2D eigenvalue weighted by Crippen LogP contribution is -2.14. The number of carbonyl (C=O) groups excluding carboxylic acids is 1. The number of hydrogen-bond acceptors (Lipinski definition) is 5. The van der Waals surface area contributed by atoms with Gasteiger partial charge >= 0.3 is 0 Å². The van der Waals surface area contributed by atoms with Crippen molar-refractivity contribution >= 4 is 34.6 Å². The van der Waals surface area contributed by atoms with Crippen LogP contribution in [-0.4, -0.2) is 25.1 Å². The Labute approximate surface area is 168 Å². The van der Waals surface area contributed by atoms with E-state index in [1.54, 1.807) is 50.7 Å². The molecule has 1 amide bonds. The fourth-order valence-electron chi connectivity index (χ4n) is 2.60. The number of rotatable bonds is 6. The molecule has 2 aromatic carbocycles. The first-order chi connectivity index (χ1) is 13.5. The second-order valence-electron chi connectivity index (χ2n) is 5.99. The average molecular weight is 398 g/mol. The van der Waals surface area contributed by atoms with Crippen molar-refractivity contribution in [2.75, 3.05) is 24.9 Å². The molecule has 0 atom stereocenters. The van der Waals surface area contributed by atoms with Crippen molar-refractivity contribution in [3.05, 3.63) is 71.0 Å². The number of methoxy groups -OCH3 is 2. The number of carbonyl (C=O) groups is 1. The van der Waals surface area contributed by atoms with Gasteiger partial charge in [0.1, 0.15) is 17.2 Å². The lowest BCUT2D eigenvalue weighted by Gasteiger charge is -2.13. The van der Waals surface area contributed by atoms with Gasteiger partial charge in [0.15, 0.2) is 0 Å². The molecule has 0 aliphatic heterocycles. The van der Waals surface area contributed by atoms with E-state index in [0.29, 0.717) is 33.6 Å². The largest absolute Gasteiger partial charge is 0.497 e. The van der Waals surface area contributed by atoms with E-state index in [0.717, 1.165) is 11.3 Å². The van der Waals surface area contributed by atoms with Crippen LogP contribution in [0, 0.1) is 6.92 Å². The maximum Gasteiger partial charge on any atom is 0.274 e. The lowest BCUT2D eigenvalue weighted by molar-refractivity contribution is 0.102. The molecule has 6 nitrogen and oxygen atoms in total. The lowest BCUT2D eigenvalue weighted by atomic mass is 10.2. The van der Waals surface area contributed by atoms with Crippen LogP contribution in [0.4, 0.5) is 17.1 Å². The van der Waals surface area contributed by atoms with Gasteiger partial charge in [-0.25, -0.2) is 4.98 Å². The number of aromatic nitrogens is 1. The van der Waals surface area contributed by atoms with Crippen molar-refractivity contribution in [2.45, 2.75) is 6.92 Å². The predicted molar refractivity (Wildman–Crippen MR) is 111 cm³/mol. The molecule has 3 aromatic rings. The third kappa shape index (κ3) is 4.35. The summed E-state index contributed by atoms with van der Waals surface area (Å²) in [4.78, 5) is 16.7. The summed E-state index contributed by atoms with van der Waals surface area (Å²) >= 11 is 6.09. The highest BCUT2D eigenvalue weighted by Crippen LogP contribution is 2.31. The highest BCUT2D eigenvalue weighted by molar-refractivity contribution is 6.31. The number of nitrogens with zero attached hydrogens (tertiary/aromatic N) is 1. The van der Waals surface area contributed by atoms with Crippen LogP contribution in [0.15, 0.2) is 54.7 Å². The summed E-state index contributed by atoms with van der Waals surface area (Å²) in [5.74, 6) is 1.05. The molecule has 144 valence electrons. The van der Waals surface area contributed by atoms with Crippen molar-refractivity contribution in [3.63, 3.8) is 0 Å². The summed E-state index contributed by atoms with van der Waals surface area (Å²) in [6.45, 7) is 1.85. The molecule has 0 bridgehead atoms. The molecule has 0 fully saturated rings. The maximum absolute atomic E-state index is 12.5. The van der Waals surface area contributed by atoms with E-state index in [9.17, 15) is 4.79 Å². The SMILES string of the molecule is COc1ccc(OC)c(Nc2ccc(C(=O)Nc3cccc(Cl)c3C)nc2)c1. The molecular formula is C21H20ClN3O3. The number of benzene rings is 2. The van der Waals surface area contributed by atoms with Crippen molar-refractivity contribution in [1.29, 1.82) is 0 Å². The van der Waals surface area contributed by atoms with Crippen LogP contribution in [0.25, 0.3) is 0 Å². The van der Waals surface area contributed by atoms with Crippen molar-refractivity contribution in [2.24, 2.45) is 0 Å². The van der Waals surface area contributed by atoms with E-state index in [4.69, 9.17) is 21.1 Å². The Kier molecular flexibility index (Phi) is 6.01. The molecule has 0 unspecified atom stereocenters. The fraction of sp³-hybridized carbons (Fsp3) is 0.143. The van der Waals surface area contributed by atoms with E-state index in [-0.39, 0.29) is 5.91 Å². The van der Waals surface area contributed by atoms with E-state index in [2.05, 4.69) is 15.6 Å². The Morgan fingerprint density at radius 2 is 1.86 bits per heavy atom. The molecule has 0 saturated carbocycles. The first-order valence-electron chi connectivity index (χ1n) is 8.53. The summed E-state index contributed by atoms with van der Waals surface area (Å²) in [6.07, 6.45) is 1.58. The minimum absolute atomic E-state index is 0.294. The monoisotopic (exact) mass is 397 g/mol. The van der Waals surface area contributed by atoms with Gasteiger partial charge in [0, 0.05) is 16.8 Å². The smallest absolute Gasteiger partial charge is 0.274 e. The topological polar surface area (TPSA) is 72.5 Å². The highest BCUT2D eigenvalue weighted by Gasteiger charge is 2.11. The normalized spacial score (nSPS) is 10.3. The Bertz CT molecular complexity index is 991. The number of amides is 1. The summed E-state index contributed by atoms with van der Waals surface area (Å²) in [7, 11) is 3.19. The molecule has 0 radical (unpaired) electrons. The molecule has 0 aliphatic carbocycles. The van der Waals surface area contributed by atoms with Crippen LogP contribution >= 0.6 is 11.6 Å². The molecule has 28 heavy (non-hydrogen) atoms. The van der Waals surface area contributed by atoms with E-state index >= 15 is 0 Å². The van der Waals surface area contributed by atoms with Gasteiger partial charge in [-0.2, -0.15) is 0 Å². The number of ether oxygens (including phenoxy) is 2. The van der Waals surface area contributed by atoms with Gasteiger partial charge < -0.3 is 20.1 Å². The van der Waals surface area contributed by atoms with Gasteiger partial charge in [0.05, 0.1) is 31.8 Å². The third-order valence-electron chi connectivity index (χ3n) is 4.20. The first kappa shape index (κ1) is 19.5. The number of pyridine rings is 1. The number of hydrogen-bond donors (Lipinski definition) is 2. The Morgan fingerprint density at radius 3 is 2.54 bits per heavy atom. The second kappa shape index (κ2) is 8.63. The summed E-state index contributed by atoms with van der Waals surface area (Å²) < 4.78 is 10.6. The van der Waals surface area contributed by atoms with E-state index in [1.165, 1.54) is 0 Å². The molecule has 0 saturated heterocycles. The minimum Gasteiger partial charge on any atom is -0.497 e. The van der Waals surface area contributed by atoms with Crippen LogP contribution in [0.2, 0.25) is 5.02 Å². The molecule has 7 heteroatoms. The van der Waals surface area contributed by atoms with E-state index < -0.39 is 0 Å². The maximum atomic E-state index is 12.5. The van der Waals surface area contributed by atoms with Crippen LogP contribution in [-0.2, 0) is 0 Å². The molecule has 1 aromatic heterocycles. The molecule has 2 N–H and O–H groups in total.